The van der Waals surface area contributed by atoms with Gasteiger partial charge in [-0.1, -0.05) is 29.8 Å². The summed E-state index contributed by atoms with van der Waals surface area (Å²) in [7, 11) is 0. The highest BCUT2D eigenvalue weighted by molar-refractivity contribution is 7.98. The molecule has 0 aliphatic rings. The fourth-order valence-electron chi connectivity index (χ4n) is 2.99. The molecule has 0 fully saturated rings. The average Bonchev–Trinajstić information content (AvgIpc) is 3.17. The molecule has 0 saturated carbocycles. The monoisotopic (exact) mass is 421 g/mol. The van der Waals surface area contributed by atoms with Gasteiger partial charge in [0.05, 0.1) is 5.69 Å². The van der Waals surface area contributed by atoms with Crippen molar-refractivity contribution in [2.45, 2.75) is 17.1 Å². The van der Waals surface area contributed by atoms with Gasteiger partial charge in [0.15, 0.2) is 0 Å². The second-order valence-electron chi connectivity index (χ2n) is 6.64. The zero-order valence-electron chi connectivity index (χ0n) is 15.7. The van der Waals surface area contributed by atoms with E-state index in [-0.39, 0.29) is 5.91 Å². The lowest BCUT2D eigenvalue weighted by molar-refractivity contribution is 0.0954. The lowest BCUT2D eigenvalue weighted by Crippen LogP contribution is -2.25. The Morgan fingerprint density at radius 3 is 2.59 bits per heavy atom. The van der Waals surface area contributed by atoms with Crippen LogP contribution >= 0.6 is 23.4 Å². The third-order valence-electron chi connectivity index (χ3n) is 4.53. The summed E-state index contributed by atoms with van der Waals surface area (Å²) in [6.45, 7) is 0.588. The van der Waals surface area contributed by atoms with Gasteiger partial charge in [0, 0.05) is 40.2 Å². The van der Waals surface area contributed by atoms with Crippen LogP contribution in [0.25, 0.3) is 5.65 Å². The predicted octanol–water partition coefficient (Wildman–Crippen LogP) is 5.25. The molecule has 4 aromatic rings. The van der Waals surface area contributed by atoms with E-state index < -0.39 is 0 Å². The van der Waals surface area contributed by atoms with Crippen LogP contribution in [0.2, 0.25) is 5.02 Å². The maximum Gasteiger partial charge on any atom is 0.251 e. The summed E-state index contributed by atoms with van der Waals surface area (Å²) in [5.74, 6) is 0.727. The number of hydrogen-bond donors (Lipinski definition) is 1. The minimum atomic E-state index is -0.0594. The van der Waals surface area contributed by atoms with Crippen molar-refractivity contribution in [3.05, 3.63) is 101 Å². The number of rotatable bonds is 7. The van der Waals surface area contributed by atoms with Gasteiger partial charge < -0.3 is 9.72 Å². The second kappa shape index (κ2) is 9.16. The van der Waals surface area contributed by atoms with E-state index in [1.165, 1.54) is 0 Å². The Kier molecular flexibility index (Phi) is 6.17. The number of nitrogens with zero attached hydrogens (tertiary/aromatic N) is 2. The topological polar surface area (TPSA) is 46.4 Å². The smallest absolute Gasteiger partial charge is 0.251 e. The first kappa shape index (κ1) is 19.6. The zero-order valence-corrected chi connectivity index (χ0v) is 17.3. The fourth-order valence-corrected chi connectivity index (χ4v) is 3.90. The lowest BCUT2D eigenvalue weighted by Gasteiger charge is -2.06. The molecule has 2 aromatic carbocycles. The molecular weight excluding hydrogens is 402 g/mol. The first-order chi connectivity index (χ1) is 14.2. The molecule has 2 aromatic heterocycles. The van der Waals surface area contributed by atoms with Gasteiger partial charge in [-0.15, -0.1) is 11.8 Å². The van der Waals surface area contributed by atoms with Crippen molar-refractivity contribution in [3.8, 4) is 0 Å². The lowest BCUT2D eigenvalue weighted by atomic mass is 10.1. The summed E-state index contributed by atoms with van der Waals surface area (Å²) in [5.41, 5.74) is 3.80. The van der Waals surface area contributed by atoms with E-state index in [1.807, 2.05) is 83.5 Å². The van der Waals surface area contributed by atoms with Crippen molar-refractivity contribution < 1.29 is 4.79 Å². The molecule has 0 unspecified atom stereocenters. The van der Waals surface area contributed by atoms with Crippen LogP contribution in [0.4, 0.5) is 0 Å². The Hall–Kier alpha value is -2.76. The maximum atomic E-state index is 12.3. The number of fused-ring (bicyclic) bond motifs is 1. The largest absolute Gasteiger partial charge is 0.352 e. The summed E-state index contributed by atoms with van der Waals surface area (Å²) >= 11 is 7.60. The number of amides is 1. The van der Waals surface area contributed by atoms with Gasteiger partial charge in [-0.2, -0.15) is 0 Å². The van der Waals surface area contributed by atoms with Gasteiger partial charge in [0.25, 0.3) is 5.91 Å². The van der Waals surface area contributed by atoms with Crippen LogP contribution in [0, 0.1) is 0 Å². The highest BCUT2D eigenvalue weighted by Gasteiger charge is 2.06. The molecule has 0 aliphatic carbocycles. The van der Waals surface area contributed by atoms with E-state index in [2.05, 4.69) is 10.3 Å². The predicted molar refractivity (Wildman–Crippen MR) is 119 cm³/mol. The Morgan fingerprint density at radius 1 is 1.03 bits per heavy atom. The number of aromatic nitrogens is 2. The number of nitrogens with one attached hydrogen (secondary N) is 1. The summed E-state index contributed by atoms with van der Waals surface area (Å²) < 4.78 is 2.02. The van der Waals surface area contributed by atoms with Crippen LogP contribution in [0.5, 0.6) is 0 Å². The number of halogens is 1. The first-order valence-electron chi connectivity index (χ1n) is 9.35. The van der Waals surface area contributed by atoms with E-state index in [4.69, 9.17) is 11.6 Å². The van der Waals surface area contributed by atoms with Crippen molar-refractivity contribution in [3.63, 3.8) is 0 Å². The molecule has 0 saturated heterocycles. The summed E-state index contributed by atoms with van der Waals surface area (Å²) in [4.78, 5) is 18.0. The van der Waals surface area contributed by atoms with Crippen molar-refractivity contribution >= 4 is 34.9 Å². The number of pyridine rings is 1. The van der Waals surface area contributed by atoms with Crippen LogP contribution in [-0.4, -0.2) is 21.8 Å². The molecular formula is C23H20ClN3OS. The fraction of sp³-hybridized carbons (Fsp3) is 0.130. The van der Waals surface area contributed by atoms with Crippen molar-refractivity contribution in [2.24, 2.45) is 0 Å². The molecule has 1 amide bonds. The van der Waals surface area contributed by atoms with Crippen LogP contribution in [0.15, 0.2) is 84.0 Å². The highest BCUT2D eigenvalue weighted by atomic mass is 35.5. The van der Waals surface area contributed by atoms with Crippen molar-refractivity contribution in [2.75, 3.05) is 6.54 Å². The van der Waals surface area contributed by atoms with Gasteiger partial charge in [0.1, 0.15) is 5.65 Å². The summed E-state index contributed by atoms with van der Waals surface area (Å²) in [6.07, 6.45) is 4.82. The molecule has 1 N–H and O–H groups in total. The van der Waals surface area contributed by atoms with Crippen LogP contribution in [0.3, 0.4) is 0 Å². The Balaban J connectivity index is 1.27. The average molecular weight is 422 g/mol. The maximum absolute atomic E-state index is 12.3. The van der Waals surface area contributed by atoms with Gasteiger partial charge in [-0.25, -0.2) is 4.98 Å². The third kappa shape index (κ3) is 5.19. The molecule has 0 bridgehead atoms. The molecule has 146 valence electrons. The summed E-state index contributed by atoms with van der Waals surface area (Å²) in [5, 5.41) is 3.68. The van der Waals surface area contributed by atoms with E-state index >= 15 is 0 Å². The number of hydrogen-bond acceptors (Lipinski definition) is 3. The Bertz CT molecular complexity index is 1070. The Labute approximate surface area is 178 Å². The van der Waals surface area contributed by atoms with Crippen LogP contribution in [0.1, 0.15) is 21.6 Å². The molecule has 4 rings (SSSR count). The molecule has 0 spiro atoms. The van der Waals surface area contributed by atoms with Gasteiger partial charge >= 0.3 is 0 Å². The van der Waals surface area contributed by atoms with Crippen molar-refractivity contribution in [1.29, 1.82) is 0 Å². The Morgan fingerprint density at radius 2 is 1.83 bits per heavy atom. The molecule has 0 radical (unpaired) electrons. The van der Waals surface area contributed by atoms with E-state index in [0.717, 1.165) is 39.0 Å². The van der Waals surface area contributed by atoms with Gasteiger partial charge in [0.2, 0.25) is 0 Å². The van der Waals surface area contributed by atoms with Gasteiger partial charge in [-0.05, 0) is 60.5 Å². The van der Waals surface area contributed by atoms with E-state index in [0.29, 0.717) is 12.1 Å². The van der Waals surface area contributed by atoms with E-state index in [1.54, 1.807) is 11.8 Å². The quantitative estimate of drug-likeness (QED) is 0.414. The number of imidazole rings is 1. The standard InChI is InChI=1S/C23H20ClN3OS/c24-19-8-4-17(5-9-19)12-13-25-23(28)18-6-10-21(11-7-18)29-16-20-15-27-14-2-1-3-22(27)26-20/h1-11,14-15H,12-13,16H2,(H,25,28). The molecule has 6 heteroatoms. The summed E-state index contributed by atoms with van der Waals surface area (Å²) in [6, 6.07) is 21.3. The second-order valence-corrected chi connectivity index (χ2v) is 8.13. The highest BCUT2D eigenvalue weighted by Crippen LogP contribution is 2.23. The molecule has 29 heavy (non-hydrogen) atoms. The number of carbonyl (C=O) groups excluding carboxylic acids is 1. The minimum Gasteiger partial charge on any atom is -0.352 e. The molecule has 0 atom stereocenters. The first-order valence-corrected chi connectivity index (χ1v) is 10.7. The molecule has 0 aliphatic heterocycles. The molecule has 2 heterocycles. The SMILES string of the molecule is O=C(NCCc1ccc(Cl)cc1)c1ccc(SCc2cn3ccccc3n2)cc1. The number of benzene rings is 2. The minimum absolute atomic E-state index is 0.0594. The van der Waals surface area contributed by atoms with E-state index in [9.17, 15) is 4.79 Å². The number of thioether (sulfide) groups is 1. The van der Waals surface area contributed by atoms with Gasteiger partial charge in [-0.3, -0.25) is 4.79 Å². The molecule has 4 nitrogen and oxygen atoms in total. The van der Waals surface area contributed by atoms with Crippen LogP contribution in [-0.2, 0) is 12.2 Å². The normalized spacial score (nSPS) is 10.9. The van der Waals surface area contributed by atoms with Crippen molar-refractivity contribution in [1.82, 2.24) is 14.7 Å². The third-order valence-corrected chi connectivity index (χ3v) is 5.83. The van der Waals surface area contributed by atoms with Crippen LogP contribution < -0.4 is 5.32 Å². The number of carbonyl (C=O) groups is 1. The zero-order chi connectivity index (χ0) is 20.1.